The summed E-state index contributed by atoms with van der Waals surface area (Å²) in [5.74, 6) is 1.19. The minimum atomic E-state index is -0.435. The zero-order valence-corrected chi connectivity index (χ0v) is 16.9. The number of amides is 1. The molecule has 30 heavy (non-hydrogen) atoms. The van der Waals surface area contributed by atoms with Gasteiger partial charge >= 0.3 is 5.63 Å². The monoisotopic (exact) mass is 410 g/mol. The van der Waals surface area contributed by atoms with Crippen LogP contribution in [0.15, 0.2) is 56.8 Å². The van der Waals surface area contributed by atoms with E-state index < -0.39 is 11.5 Å². The number of hydrogen-bond acceptors (Lipinski definition) is 7. The molecule has 0 fully saturated rings. The number of rotatable bonds is 8. The summed E-state index contributed by atoms with van der Waals surface area (Å²) < 4.78 is 21.4. The van der Waals surface area contributed by atoms with Crippen LogP contribution in [0.25, 0.3) is 11.0 Å². The summed E-state index contributed by atoms with van der Waals surface area (Å²) >= 11 is 0. The molecular weight excluding hydrogens is 388 g/mol. The Bertz CT molecular complexity index is 1140. The second kappa shape index (κ2) is 9.60. The summed E-state index contributed by atoms with van der Waals surface area (Å²) in [6.07, 6.45) is 1.49. The molecule has 0 radical (unpaired) electrons. The molecule has 2 aromatic carbocycles. The first-order valence-corrected chi connectivity index (χ1v) is 9.30. The number of nitrogens with zero attached hydrogens (tertiary/aromatic N) is 1. The second-order valence-electron chi connectivity index (χ2n) is 6.33. The Balaban J connectivity index is 1.57. The highest BCUT2D eigenvalue weighted by molar-refractivity contribution is 5.84. The summed E-state index contributed by atoms with van der Waals surface area (Å²) in [7, 11) is 1.55. The molecule has 156 valence electrons. The van der Waals surface area contributed by atoms with Gasteiger partial charge in [-0.15, -0.1) is 0 Å². The zero-order chi connectivity index (χ0) is 21.5. The maximum Gasteiger partial charge on any atom is 0.336 e. The van der Waals surface area contributed by atoms with Gasteiger partial charge in [0.25, 0.3) is 5.91 Å². The van der Waals surface area contributed by atoms with Crippen molar-refractivity contribution in [2.45, 2.75) is 13.8 Å². The molecule has 3 aromatic rings. The molecule has 0 aliphatic heterocycles. The lowest BCUT2D eigenvalue weighted by atomic mass is 10.1. The van der Waals surface area contributed by atoms with Crippen LogP contribution in [0.1, 0.15) is 18.1 Å². The van der Waals surface area contributed by atoms with Gasteiger partial charge in [-0.3, -0.25) is 4.79 Å². The van der Waals surface area contributed by atoms with Crippen LogP contribution in [0.2, 0.25) is 0 Å². The molecule has 0 saturated heterocycles. The third kappa shape index (κ3) is 5.16. The van der Waals surface area contributed by atoms with Crippen LogP contribution in [-0.4, -0.2) is 32.4 Å². The van der Waals surface area contributed by atoms with Gasteiger partial charge in [-0.05, 0) is 55.3 Å². The van der Waals surface area contributed by atoms with Crippen molar-refractivity contribution in [2.75, 3.05) is 20.3 Å². The highest BCUT2D eigenvalue weighted by Crippen LogP contribution is 2.27. The van der Waals surface area contributed by atoms with Gasteiger partial charge in [0.1, 0.15) is 11.3 Å². The van der Waals surface area contributed by atoms with Gasteiger partial charge in [0.05, 0.1) is 19.9 Å². The molecule has 0 aliphatic carbocycles. The van der Waals surface area contributed by atoms with Crippen molar-refractivity contribution in [3.8, 4) is 17.2 Å². The molecule has 0 aliphatic rings. The SMILES string of the molecule is CCOc1ccc(/C=N\NC(=O)COc2ccc3c(C)cc(=O)oc3c2)cc1OC. The fourth-order valence-electron chi connectivity index (χ4n) is 2.79. The Morgan fingerprint density at radius 1 is 1.13 bits per heavy atom. The highest BCUT2D eigenvalue weighted by Gasteiger charge is 2.07. The minimum absolute atomic E-state index is 0.245. The molecule has 0 spiro atoms. The van der Waals surface area contributed by atoms with Crippen LogP contribution in [0.3, 0.4) is 0 Å². The average Bonchev–Trinajstić information content (AvgIpc) is 2.73. The number of ether oxygens (including phenoxy) is 3. The van der Waals surface area contributed by atoms with E-state index in [1.54, 1.807) is 43.5 Å². The van der Waals surface area contributed by atoms with Gasteiger partial charge in [0.2, 0.25) is 0 Å². The van der Waals surface area contributed by atoms with E-state index in [1.807, 2.05) is 13.8 Å². The molecule has 1 heterocycles. The molecule has 0 unspecified atom stereocenters. The fourth-order valence-corrected chi connectivity index (χ4v) is 2.79. The van der Waals surface area contributed by atoms with Crippen LogP contribution >= 0.6 is 0 Å². The Kier molecular flexibility index (Phi) is 6.69. The standard InChI is InChI=1S/C22H22N2O6/c1-4-28-18-8-5-15(10-20(18)27-3)12-23-24-21(25)13-29-16-6-7-17-14(2)9-22(26)30-19(17)11-16/h5-12H,4,13H2,1-3H3,(H,24,25)/b23-12-. The quantitative estimate of drug-likeness (QED) is 0.348. The van der Waals surface area contributed by atoms with Crippen molar-refractivity contribution in [1.82, 2.24) is 5.43 Å². The molecule has 0 bridgehead atoms. The number of carbonyl (C=O) groups is 1. The van der Waals surface area contributed by atoms with Crippen LogP contribution in [0.4, 0.5) is 0 Å². The molecule has 8 heteroatoms. The molecule has 8 nitrogen and oxygen atoms in total. The van der Waals surface area contributed by atoms with E-state index in [1.165, 1.54) is 12.3 Å². The van der Waals surface area contributed by atoms with Crippen LogP contribution in [-0.2, 0) is 4.79 Å². The third-order valence-corrected chi connectivity index (χ3v) is 4.18. The van der Waals surface area contributed by atoms with Gasteiger partial charge in [-0.2, -0.15) is 5.10 Å². The predicted molar refractivity (Wildman–Crippen MR) is 113 cm³/mol. The first kappa shape index (κ1) is 20.9. The van der Waals surface area contributed by atoms with Crippen molar-refractivity contribution in [3.63, 3.8) is 0 Å². The summed E-state index contributed by atoms with van der Waals surface area (Å²) in [6.45, 7) is 4.00. The average molecular weight is 410 g/mol. The number of fused-ring (bicyclic) bond motifs is 1. The van der Waals surface area contributed by atoms with Gasteiger partial charge in [-0.25, -0.2) is 10.2 Å². The summed E-state index contributed by atoms with van der Waals surface area (Å²) in [5.41, 5.74) is 3.91. The lowest BCUT2D eigenvalue weighted by Crippen LogP contribution is -2.24. The largest absolute Gasteiger partial charge is 0.493 e. The number of hydrazone groups is 1. The zero-order valence-electron chi connectivity index (χ0n) is 16.9. The Labute approximate surface area is 173 Å². The number of aryl methyl sites for hydroxylation is 1. The van der Waals surface area contributed by atoms with Crippen LogP contribution in [0.5, 0.6) is 17.2 Å². The van der Waals surface area contributed by atoms with E-state index >= 15 is 0 Å². The van der Waals surface area contributed by atoms with E-state index in [2.05, 4.69) is 10.5 Å². The van der Waals surface area contributed by atoms with Gasteiger partial charge in [-0.1, -0.05) is 0 Å². The number of methoxy groups -OCH3 is 1. The predicted octanol–water partition coefficient (Wildman–Crippen LogP) is 3.04. The van der Waals surface area contributed by atoms with Crippen molar-refractivity contribution in [3.05, 3.63) is 64.0 Å². The van der Waals surface area contributed by atoms with Crippen molar-refractivity contribution >= 4 is 23.1 Å². The molecule has 0 atom stereocenters. The third-order valence-electron chi connectivity index (χ3n) is 4.18. The topological polar surface area (TPSA) is 99.4 Å². The maximum atomic E-state index is 12.0. The van der Waals surface area contributed by atoms with Crippen molar-refractivity contribution in [1.29, 1.82) is 0 Å². The number of hydrogen-bond donors (Lipinski definition) is 1. The first-order valence-electron chi connectivity index (χ1n) is 9.30. The van der Waals surface area contributed by atoms with Crippen LogP contribution < -0.4 is 25.3 Å². The van der Waals surface area contributed by atoms with Crippen molar-refractivity contribution < 1.29 is 23.4 Å². The normalized spacial score (nSPS) is 10.9. The van der Waals surface area contributed by atoms with Gasteiger partial charge in [0.15, 0.2) is 18.1 Å². The number of nitrogens with one attached hydrogen (secondary N) is 1. The van der Waals surface area contributed by atoms with Crippen molar-refractivity contribution in [2.24, 2.45) is 5.10 Å². The highest BCUT2D eigenvalue weighted by atomic mass is 16.5. The lowest BCUT2D eigenvalue weighted by molar-refractivity contribution is -0.123. The van der Waals surface area contributed by atoms with E-state index in [-0.39, 0.29) is 6.61 Å². The Morgan fingerprint density at radius 3 is 2.73 bits per heavy atom. The molecule has 1 N–H and O–H groups in total. The fraction of sp³-hybridized carbons (Fsp3) is 0.227. The van der Waals surface area contributed by atoms with E-state index in [4.69, 9.17) is 18.6 Å². The van der Waals surface area contributed by atoms with Crippen LogP contribution in [0, 0.1) is 6.92 Å². The van der Waals surface area contributed by atoms with E-state index in [0.717, 1.165) is 16.5 Å². The first-order chi connectivity index (χ1) is 14.5. The maximum absolute atomic E-state index is 12.0. The molecule has 1 aromatic heterocycles. The molecule has 1 amide bonds. The Morgan fingerprint density at radius 2 is 1.97 bits per heavy atom. The van der Waals surface area contributed by atoms with E-state index in [9.17, 15) is 9.59 Å². The summed E-state index contributed by atoms with van der Waals surface area (Å²) in [4.78, 5) is 23.5. The molecule has 3 rings (SSSR count). The smallest absolute Gasteiger partial charge is 0.336 e. The molecule has 0 saturated carbocycles. The lowest BCUT2D eigenvalue weighted by Gasteiger charge is -2.09. The Hall–Kier alpha value is -3.81. The second-order valence-corrected chi connectivity index (χ2v) is 6.33. The molecular formula is C22H22N2O6. The van der Waals surface area contributed by atoms with Gasteiger partial charge < -0.3 is 18.6 Å². The number of benzene rings is 2. The minimum Gasteiger partial charge on any atom is -0.493 e. The summed E-state index contributed by atoms with van der Waals surface area (Å²) in [6, 6.07) is 11.8. The summed E-state index contributed by atoms with van der Waals surface area (Å²) in [5, 5.41) is 4.72. The van der Waals surface area contributed by atoms with Gasteiger partial charge in [0, 0.05) is 17.5 Å². The number of carbonyl (C=O) groups excluding carboxylic acids is 1. The van der Waals surface area contributed by atoms with E-state index in [0.29, 0.717) is 29.4 Å².